The Labute approximate surface area is 124 Å². The molecule has 0 amide bonds. The maximum Gasteiger partial charge on any atom is 0.337 e. The Morgan fingerprint density at radius 3 is 3.00 bits per heavy atom. The van der Waals surface area contributed by atoms with Gasteiger partial charge in [-0.1, -0.05) is 6.07 Å². The van der Waals surface area contributed by atoms with E-state index in [1.807, 2.05) is 18.2 Å². The van der Waals surface area contributed by atoms with Gasteiger partial charge < -0.3 is 14.0 Å². The second kappa shape index (κ2) is 5.90. The summed E-state index contributed by atoms with van der Waals surface area (Å²) in [6.07, 6.45) is 5.92. The van der Waals surface area contributed by atoms with E-state index >= 15 is 0 Å². The molecule has 4 nitrogen and oxygen atoms in total. The van der Waals surface area contributed by atoms with Gasteiger partial charge in [0.05, 0.1) is 18.8 Å². The number of esters is 1. The molecule has 0 aliphatic carbocycles. The van der Waals surface area contributed by atoms with E-state index in [9.17, 15) is 4.79 Å². The van der Waals surface area contributed by atoms with E-state index < -0.39 is 0 Å². The molecule has 21 heavy (non-hydrogen) atoms. The lowest BCUT2D eigenvalue weighted by atomic mass is 10.1. The summed E-state index contributed by atoms with van der Waals surface area (Å²) in [5.41, 5.74) is 2.88. The number of hydrogen-bond acceptors (Lipinski definition) is 3. The molecule has 0 bridgehead atoms. The fourth-order valence-corrected chi connectivity index (χ4v) is 3.04. The summed E-state index contributed by atoms with van der Waals surface area (Å²) in [6, 6.07) is 5.73. The van der Waals surface area contributed by atoms with Crippen molar-refractivity contribution in [2.45, 2.75) is 38.8 Å². The number of aromatic nitrogens is 1. The third kappa shape index (κ3) is 2.81. The molecule has 1 aromatic heterocycles. The highest BCUT2D eigenvalue weighted by Gasteiger charge is 2.17. The quantitative estimate of drug-likeness (QED) is 0.813. The summed E-state index contributed by atoms with van der Waals surface area (Å²) in [7, 11) is 1.41. The fraction of sp³-hybridized carbons (Fsp3) is 0.471. The first kappa shape index (κ1) is 14.1. The second-order valence-corrected chi connectivity index (χ2v) is 5.68. The van der Waals surface area contributed by atoms with Gasteiger partial charge in [0.2, 0.25) is 0 Å². The zero-order chi connectivity index (χ0) is 14.8. The predicted octanol–water partition coefficient (Wildman–Crippen LogP) is 3.31. The molecule has 3 rings (SSSR count). The van der Waals surface area contributed by atoms with E-state index in [1.54, 1.807) is 0 Å². The van der Waals surface area contributed by atoms with Crippen molar-refractivity contribution in [1.29, 1.82) is 0 Å². The number of fused-ring (bicyclic) bond motifs is 1. The molecule has 1 atom stereocenters. The summed E-state index contributed by atoms with van der Waals surface area (Å²) < 4.78 is 12.8. The SMILES string of the molecule is COC(=O)c1ccc2c(C)cn(CC3CCCCO3)c2c1. The number of hydrogen-bond donors (Lipinski definition) is 0. The first-order valence-electron chi connectivity index (χ1n) is 7.48. The first-order chi connectivity index (χ1) is 10.2. The fourth-order valence-electron chi connectivity index (χ4n) is 3.04. The highest BCUT2D eigenvalue weighted by Crippen LogP contribution is 2.24. The van der Waals surface area contributed by atoms with Gasteiger partial charge in [-0.15, -0.1) is 0 Å². The number of carbonyl (C=O) groups is 1. The molecule has 2 heterocycles. The Kier molecular flexibility index (Phi) is 3.97. The summed E-state index contributed by atoms with van der Waals surface area (Å²) in [5, 5.41) is 1.18. The third-order valence-corrected chi connectivity index (χ3v) is 4.18. The van der Waals surface area contributed by atoms with Gasteiger partial charge in [-0.2, -0.15) is 0 Å². The Morgan fingerprint density at radius 2 is 2.29 bits per heavy atom. The lowest BCUT2D eigenvalue weighted by Crippen LogP contribution is -2.24. The topological polar surface area (TPSA) is 40.5 Å². The van der Waals surface area contributed by atoms with Crippen molar-refractivity contribution in [2.24, 2.45) is 0 Å². The molecule has 0 spiro atoms. The molecule has 0 radical (unpaired) electrons. The van der Waals surface area contributed by atoms with Crippen molar-refractivity contribution in [2.75, 3.05) is 13.7 Å². The van der Waals surface area contributed by atoms with E-state index in [0.717, 1.165) is 31.5 Å². The standard InChI is InChI=1S/C17H21NO3/c1-12-10-18(11-14-5-3-4-8-21-14)16-9-13(17(19)20-2)6-7-15(12)16/h6-7,9-10,14H,3-5,8,11H2,1-2H3. The number of aryl methyl sites for hydroxylation is 1. The van der Waals surface area contributed by atoms with Crippen molar-refractivity contribution < 1.29 is 14.3 Å². The van der Waals surface area contributed by atoms with Gasteiger partial charge in [0.15, 0.2) is 0 Å². The molecule has 1 saturated heterocycles. The van der Waals surface area contributed by atoms with Crippen LogP contribution in [0.1, 0.15) is 35.2 Å². The van der Waals surface area contributed by atoms with Gasteiger partial charge in [0.25, 0.3) is 0 Å². The molecule has 1 fully saturated rings. The van der Waals surface area contributed by atoms with Crippen LogP contribution in [0.4, 0.5) is 0 Å². The van der Waals surface area contributed by atoms with E-state index in [2.05, 4.69) is 17.7 Å². The molecule has 112 valence electrons. The lowest BCUT2D eigenvalue weighted by Gasteiger charge is -2.23. The Morgan fingerprint density at radius 1 is 1.43 bits per heavy atom. The molecule has 1 aromatic carbocycles. The summed E-state index contributed by atoms with van der Waals surface area (Å²) >= 11 is 0. The molecule has 1 unspecified atom stereocenters. The molecule has 4 heteroatoms. The summed E-state index contributed by atoms with van der Waals surface area (Å²) in [4.78, 5) is 11.7. The van der Waals surface area contributed by atoms with Gasteiger partial charge in [0, 0.05) is 30.3 Å². The molecular weight excluding hydrogens is 266 g/mol. The van der Waals surface area contributed by atoms with E-state index in [-0.39, 0.29) is 12.1 Å². The van der Waals surface area contributed by atoms with Crippen LogP contribution >= 0.6 is 0 Å². The molecule has 1 aliphatic heterocycles. The minimum atomic E-state index is -0.295. The van der Waals surface area contributed by atoms with Crippen LogP contribution in [0.5, 0.6) is 0 Å². The van der Waals surface area contributed by atoms with Crippen LogP contribution in [0.15, 0.2) is 24.4 Å². The zero-order valence-corrected chi connectivity index (χ0v) is 12.6. The number of benzene rings is 1. The Balaban J connectivity index is 1.95. The van der Waals surface area contributed by atoms with Gasteiger partial charge in [-0.3, -0.25) is 0 Å². The van der Waals surface area contributed by atoms with E-state index in [1.165, 1.54) is 24.5 Å². The maximum atomic E-state index is 11.7. The monoisotopic (exact) mass is 287 g/mol. The van der Waals surface area contributed by atoms with Crippen LogP contribution in [0, 0.1) is 6.92 Å². The maximum absolute atomic E-state index is 11.7. The van der Waals surface area contributed by atoms with Crippen LogP contribution in [0.25, 0.3) is 10.9 Å². The Bertz CT molecular complexity index is 653. The van der Waals surface area contributed by atoms with Crippen LogP contribution < -0.4 is 0 Å². The van der Waals surface area contributed by atoms with E-state index in [0.29, 0.717) is 5.56 Å². The first-order valence-corrected chi connectivity index (χ1v) is 7.48. The molecule has 0 saturated carbocycles. The molecular formula is C17H21NO3. The van der Waals surface area contributed by atoms with E-state index in [4.69, 9.17) is 9.47 Å². The van der Waals surface area contributed by atoms with Crippen molar-refractivity contribution in [3.8, 4) is 0 Å². The van der Waals surface area contributed by atoms with Crippen molar-refractivity contribution in [3.05, 3.63) is 35.5 Å². The largest absolute Gasteiger partial charge is 0.465 e. The van der Waals surface area contributed by atoms with Crippen LogP contribution in [-0.2, 0) is 16.0 Å². The predicted molar refractivity (Wildman–Crippen MR) is 81.6 cm³/mol. The van der Waals surface area contributed by atoms with Gasteiger partial charge in [-0.25, -0.2) is 4.79 Å². The summed E-state index contributed by atoms with van der Waals surface area (Å²) in [5.74, 6) is -0.295. The lowest BCUT2D eigenvalue weighted by molar-refractivity contribution is 0.00669. The molecule has 1 aliphatic rings. The second-order valence-electron chi connectivity index (χ2n) is 5.68. The number of ether oxygens (including phenoxy) is 2. The van der Waals surface area contributed by atoms with Gasteiger partial charge in [-0.05, 0) is 43.9 Å². The minimum absolute atomic E-state index is 0.274. The van der Waals surface area contributed by atoms with Crippen molar-refractivity contribution >= 4 is 16.9 Å². The smallest absolute Gasteiger partial charge is 0.337 e. The number of carbonyl (C=O) groups excluding carboxylic acids is 1. The van der Waals surface area contributed by atoms with Crippen LogP contribution in [-0.4, -0.2) is 30.4 Å². The highest BCUT2D eigenvalue weighted by molar-refractivity contribution is 5.95. The minimum Gasteiger partial charge on any atom is -0.465 e. The zero-order valence-electron chi connectivity index (χ0n) is 12.6. The molecule has 0 N–H and O–H groups in total. The number of nitrogens with zero attached hydrogens (tertiary/aromatic N) is 1. The van der Waals surface area contributed by atoms with Crippen molar-refractivity contribution in [1.82, 2.24) is 4.57 Å². The summed E-state index contributed by atoms with van der Waals surface area (Å²) in [6.45, 7) is 3.80. The Hall–Kier alpha value is -1.81. The number of rotatable bonds is 3. The van der Waals surface area contributed by atoms with Crippen LogP contribution in [0.3, 0.4) is 0 Å². The highest BCUT2D eigenvalue weighted by atomic mass is 16.5. The number of methoxy groups -OCH3 is 1. The third-order valence-electron chi connectivity index (χ3n) is 4.18. The van der Waals surface area contributed by atoms with Gasteiger partial charge >= 0.3 is 5.97 Å². The van der Waals surface area contributed by atoms with Gasteiger partial charge in [0.1, 0.15) is 0 Å². The normalized spacial score (nSPS) is 18.9. The average molecular weight is 287 g/mol. The molecule has 2 aromatic rings. The average Bonchev–Trinajstić information content (AvgIpc) is 2.83. The van der Waals surface area contributed by atoms with Crippen molar-refractivity contribution in [3.63, 3.8) is 0 Å². The van der Waals surface area contributed by atoms with Crippen LogP contribution in [0.2, 0.25) is 0 Å².